The highest BCUT2D eigenvalue weighted by Crippen LogP contribution is 2.12. The number of amides is 1. The van der Waals surface area contributed by atoms with Crippen molar-refractivity contribution >= 4 is 15.9 Å². The largest absolute Gasteiger partial charge is 0.342 e. The number of likely N-dealkylation sites (tertiary alicyclic amines) is 1. The second kappa shape index (κ2) is 6.67. The van der Waals surface area contributed by atoms with Crippen LogP contribution < -0.4 is 16.0 Å². The Balaban J connectivity index is 1.99. The summed E-state index contributed by atoms with van der Waals surface area (Å²) in [4.78, 5) is 41.4. The molecule has 9 nitrogen and oxygen atoms in total. The predicted molar refractivity (Wildman–Crippen MR) is 83.7 cm³/mol. The molecule has 1 aliphatic heterocycles. The van der Waals surface area contributed by atoms with Gasteiger partial charge in [0.1, 0.15) is 0 Å². The van der Waals surface area contributed by atoms with Crippen LogP contribution in [0.15, 0.2) is 9.59 Å². The highest BCUT2D eigenvalue weighted by molar-refractivity contribution is 7.88. The van der Waals surface area contributed by atoms with Gasteiger partial charge >= 0.3 is 5.69 Å². The third-order valence-electron chi connectivity index (χ3n) is 3.81. The number of nitrogens with zero attached hydrogens (tertiary/aromatic N) is 1. The van der Waals surface area contributed by atoms with Crippen LogP contribution >= 0.6 is 0 Å². The van der Waals surface area contributed by atoms with E-state index in [0.717, 1.165) is 6.26 Å². The number of aromatic amines is 2. The fraction of sp³-hybridized carbons (Fsp3) is 0.615. The summed E-state index contributed by atoms with van der Waals surface area (Å²) >= 11 is 0. The van der Waals surface area contributed by atoms with Crippen molar-refractivity contribution in [3.8, 4) is 0 Å². The van der Waals surface area contributed by atoms with E-state index in [2.05, 4.69) is 14.7 Å². The molecule has 23 heavy (non-hydrogen) atoms. The minimum Gasteiger partial charge on any atom is -0.342 e. The first-order chi connectivity index (χ1) is 10.7. The van der Waals surface area contributed by atoms with E-state index < -0.39 is 21.3 Å². The van der Waals surface area contributed by atoms with Crippen molar-refractivity contribution in [2.75, 3.05) is 19.3 Å². The van der Waals surface area contributed by atoms with Gasteiger partial charge in [-0.2, -0.15) is 0 Å². The van der Waals surface area contributed by atoms with Gasteiger partial charge in [-0.15, -0.1) is 0 Å². The van der Waals surface area contributed by atoms with Gasteiger partial charge in [0.05, 0.1) is 12.7 Å². The Morgan fingerprint density at radius 3 is 2.39 bits per heavy atom. The minimum atomic E-state index is -3.26. The standard InChI is InChI=1S/C13H20N4O5S/c1-8-10(12(19)15-13(20)14-8)7-11(18)17-5-3-9(4-6-17)16-23(2,21)22/h9,16H,3-7H2,1-2H3,(H2,14,15,19,20). The third kappa shape index (κ3) is 4.76. The van der Waals surface area contributed by atoms with Crippen LogP contribution in [0.4, 0.5) is 0 Å². The van der Waals surface area contributed by atoms with Crippen molar-refractivity contribution < 1.29 is 13.2 Å². The molecule has 1 fully saturated rings. The van der Waals surface area contributed by atoms with E-state index in [1.807, 2.05) is 0 Å². The van der Waals surface area contributed by atoms with Gasteiger partial charge in [-0.3, -0.25) is 14.6 Å². The van der Waals surface area contributed by atoms with Crippen LogP contribution in [-0.2, 0) is 21.2 Å². The minimum absolute atomic E-state index is 0.0951. The van der Waals surface area contributed by atoms with Gasteiger partial charge in [-0.1, -0.05) is 0 Å². The lowest BCUT2D eigenvalue weighted by Crippen LogP contribution is -2.47. The van der Waals surface area contributed by atoms with Gasteiger partial charge in [0.2, 0.25) is 15.9 Å². The van der Waals surface area contributed by atoms with Crippen molar-refractivity contribution in [3.63, 3.8) is 0 Å². The Labute approximate surface area is 133 Å². The zero-order chi connectivity index (χ0) is 17.2. The fourth-order valence-electron chi connectivity index (χ4n) is 2.65. The van der Waals surface area contributed by atoms with Gasteiger partial charge in [0.15, 0.2) is 0 Å². The highest BCUT2D eigenvalue weighted by Gasteiger charge is 2.25. The quantitative estimate of drug-likeness (QED) is 0.608. The average molecular weight is 344 g/mol. The first-order valence-electron chi connectivity index (χ1n) is 7.23. The van der Waals surface area contributed by atoms with Crippen LogP contribution in [0.1, 0.15) is 24.1 Å². The van der Waals surface area contributed by atoms with Crippen molar-refractivity contribution in [1.82, 2.24) is 19.6 Å². The number of carbonyl (C=O) groups is 1. The molecule has 0 atom stereocenters. The molecule has 0 aliphatic carbocycles. The van der Waals surface area contributed by atoms with E-state index in [1.165, 1.54) is 0 Å². The zero-order valence-corrected chi connectivity index (χ0v) is 13.8. The maximum absolute atomic E-state index is 12.3. The molecule has 0 spiro atoms. The molecule has 0 bridgehead atoms. The summed E-state index contributed by atoms with van der Waals surface area (Å²) < 4.78 is 24.9. The lowest BCUT2D eigenvalue weighted by molar-refractivity contribution is -0.131. The summed E-state index contributed by atoms with van der Waals surface area (Å²) in [6.07, 6.45) is 2.07. The molecule has 0 radical (unpaired) electrons. The zero-order valence-electron chi connectivity index (χ0n) is 13.0. The van der Waals surface area contributed by atoms with Crippen LogP contribution in [0, 0.1) is 6.92 Å². The van der Waals surface area contributed by atoms with Crippen LogP contribution in [0.2, 0.25) is 0 Å². The Kier molecular flexibility index (Phi) is 5.05. The molecule has 2 heterocycles. The monoisotopic (exact) mass is 344 g/mol. The number of hydrogen-bond acceptors (Lipinski definition) is 5. The molecule has 1 amide bonds. The smallest absolute Gasteiger partial charge is 0.325 e. The summed E-state index contributed by atoms with van der Waals surface area (Å²) in [5.41, 5.74) is -0.545. The first kappa shape index (κ1) is 17.4. The van der Waals surface area contributed by atoms with Gasteiger partial charge in [0, 0.05) is 30.4 Å². The normalized spacial score (nSPS) is 16.5. The lowest BCUT2D eigenvalue weighted by Gasteiger charge is -2.32. The van der Waals surface area contributed by atoms with Crippen LogP contribution in [0.25, 0.3) is 0 Å². The lowest BCUT2D eigenvalue weighted by atomic mass is 10.0. The molecular weight excluding hydrogens is 324 g/mol. The number of H-pyrrole nitrogens is 2. The van der Waals surface area contributed by atoms with E-state index >= 15 is 0 Å². The maximum atomic E-state index is 12.3. The fourth-order valence-corrected chi connectivity index (χ4v) is 3.49. The highest BCUT2D eigenvalue weighted by atomic mass is 32.2. The number of aryl methyl sites for hydroxylation is 1. The topological polar surface area (TPSA) is 132 Å². The van der Waals surface area contributed by atoms with E-state index in [0.29, 0.717) is 31.6 Å². The van der Waals surface area contributed by atoms with Gasteiger partial charge < -0.3 is 9.88 Å². The predicted octanol–water partition coefficient (Wildman–Crippen LogP) is -1.55. The van der Waals surface area contributed by atoms with E-state index in [9.17, 15) is 22.8 Å². The van der Waals surface area contributed by atoms with E-state index in [4.69, 9.17) is 0 Å². The molecule has 0 unspecified atom stereocenters. The molecule has 2 rings (SSSR count). The number of nitrogens with one attached hydrogen (secondary N) is 3. The molecule has 1 saturated heterocycles. The number of aromatic nitrogens is 2. The summed E-state index contributed by atoms with van der Waals surface area (Å²) in [5.74, 6) is -0.219. The van der Waals surface area contributed by atoms with Crippen molar-refractivity contribution in [2.45, 2.75) is 32.2 Å². The van der Waals surface area contributed by atoms with E-state index in [1.54, 1.807) is 11.8 Å². The van der Waals surface area contributed by atoms with Crippen molar-refractivity contribution in [3.05, 3.63) is 32.1 Å². The van der Waals surface area contributed by atoms with Gasteiger partial charge in [-0.25, -0.2) is 17.9 Å². The maximum Gasteiger partial charge on any atom is 0.325 e. The van der Waals surface area contributed by atoms with Crippen LogP contribution in [0.5, 0.6) is 0 Å². The second-order valence-corrected chi connectivity index (χ2v) is 7.51. The SMILES string of the molecule is Cc1[nH]c(=O)[nH]c(=O)c1CC(=O)N1CCC(NS(C)(=O)=O)CC1. The van der Waals surface area contributed by atoms with Crippen molar-refractivity contribution in [2.24, 2.45) is 0 Å². The molecule has 1 aliphatic rings. The summed E-state index contributed by atoms with van der Waals surface area (Å²) in [6.45, 7) is 2.42. The molecule has 0 saturated carbocycles. The summed E-state index contributed by atoms with van der Waals surface area (Å²) in [7, 11) is -3.26. The molecule has 0 aromatic carbocycles. The van der Waals surface area contributed by atoms with E-state index in [-0.39, 0.29) is 23.9 Å². The Morgan fingerprint density at radius 2 is 1.87 bits per heavy atom. The molecule has 128 valence electrons. The summed E-state index contributed by atoms with van der Waals surface area (Å²) in [6, 6.07) is -0.174. The van der Waals surface area contributed by atoms with Crippen LogP contribution in [0.3, 0.4) is 0 Å². The van der Waals surface area contributed by atoms with Crippen LogP contribution in [-0.4, -0.2) is 54.6 Å². The second-order valence-electron chi connectivity index (χ2n) is 5.73. The van der Waals surface area contributed by atoms with Gasteiger partial charge in [-0.05, 0) is 19.8 Å². The number of sulfonamides is 1. The summed E-state index contributed by atoms with van der Waals surface area (Å²) in [5, 5.41) is 0. The molecular formula is C13H20N4O5S. The number of carbonyl (C=O) groups excluding carboxylic acids is 1. The molecule has 1 aromatic rings. The Morgan fingerprint density at radius 1 is 1.26 bits per heavy atom. The molecule has 3 N–H and O–H groups in total. The van der Waals surface area contributed by atoms with Gasteiger partial charge in [0.25, 0.3) is 5.56 Å². The molecule has 10 heteroatoms. The number of rotatable bonds is 4. The number of hydrogen-bond donors (Lipinski definition) is 3. The molecule has 1 aromatic heterocycles. The number of piperidine rings is 1. The third-order valence-corrected chi connectivity index (χ3v) is 4.57. The first-order valence-corrected chi connectivity index (χ1v) is 9.12. The van der Waals surface area contributed by atoms with Crippen molar-refractivity contribution in [1.29, 1.82) is 0 Å². The Hall–Kier alpha value is -1.94. The average Bonchev–Trinajstić information content (AvgIpc) is 2.41. The Bertz CT molecular complexity index is 802.